The van der Waals surface area contributed by atoms with Gasteiger partial charge in [0.1, 0.15) is 6.04 Å². The van der Waals surface area contributed by atoms with Crippen molar-refractivity contribution >= 4 is 44.0 Å². The summed E-state index contributed by atoms with van der Waals surface area (Å²) in [6.07, 6.45) is 2.83. The number of nitrogens with zero attached hydrogens (tertiary/aromatic N) is 3. The molecule has 10 heteroatoms. The van der Waals surface area contributed by atoms with Crippen LogP contribution in [0.3, 0.4) is 0 Å². The Bertz CT molecular complexity index is 1230. The molecule has 1 N–H and O–H groups in total. The van der Waals surface area contributed by atoms with Crippen LogP contribution in [0.4, 0.5) is 10.8 Å². The normalized spacial score (nSPS) is 15.9. The number of aromatic nitrogens is 1. The summed E-state index contributed by atoms with van der Waals surface area (Å²) in [7, 11) is -3.87. The maximum absolute atomic E-state index is 13.3. The van der Waals surface area contributed by atoms with Crippen molar-refractivity contribution in [2.24, 2.45) is 0 Å². The van der Waals surface area contributed by atoms with Gasteiger partial charge in [-0.05, 0) is 50.1 Å². The minimum Gasteiger partial charge on any atom is -0.327 e. The van der Waals surface area contributed by atoms with Crippen LogP contribution in [0.1, 0.15) is 30.1 Å². The van der Waals surface area contributed by atoms with E-state index in [1.54, 1.807) is 54.9 Å². The van der Waals surface area contributed by atoms with E-state index in [2.05, 4.69) is 10.3 Å². The molecule has 33 heavy (non-hydrogen) atoms. The molecule has 1 saturated heterocycles. The van der Waals surface area contributed by atoms with Crippen molar-refractivity contribution in [3.8, 4) is 0 Å². The molecule has 1 atom stereocenters. The lowest BCUT2D eigenvalue weighted by atomic mass is 10.1. The molecule has 1 unspecified atom stereocenters. The zero-order valence-electron chi connectivity index (χ0n) is 18.0. The van der Waals surface area contributed by atoms with Crippen LogP contribution < -0.4 is 9.62 Å². The quantitative estimate of drug-likeness (QED) is 0.552. The number of sulfonamides is 1. The van der Waals surface area contributed by atoms with Crippen molar-refractivity contribution in [3.05, 3.63) is 71.7 Å². The molecule has 2 aromatic carbocycles. The largest absolute Gasteiger partial charge is 0.327 e. The summed E-state index contributed by atoms with van der Waals surface area (Å²) in [5, 5.41) is 4.99. The van der Waals surface area contributed by atoms with Crippen LogP contribution in [0.25, 0.3) is 0 Å². The van der Waals surface area contributed by atoms with Crippen molar-refractivity contribution in [2.45, 2.75) is 30.7 Å². The number of likely N-dealkylation sites (tertiary alicyclic amines) is 1. The Kier molecular flexibility index (Phi) is 6.75. The predicted molar refractivity (Wildman–Crippen MR) is 128 cm³/mol. The number of carbonyl (C=O) groups excluding carboxylic acids is 2. The number of para-hydroxylation sites is 1. The summed E-state index contributed by atoms with van der Waals surface area (Å²) in [4.78, 5) is 31.6. The zero-order valence-corrected chi connectivity index (χ0v) is 19.7. The Morgan fingerprint density at radius 1 is 1.18 bits per heavy atom. The highest BCUT2D eigenvalue weighted by atomic mass is 32.2. The Balaban J connectivity index is 1.58. The molecule has 1 aromatic heterocycles. The van der Waals surface area contributed by atoms with Gasteiger partial charge in [-0.3, -0.25) is 13.9 Å². The van der Waals surface area contributed by atoms with Gasteiger partial charge >= 0.3 is 0 Å². The molecule has 0 bridgehead atoms. The van der Waals surface area contributed by atoms with Gasteiger partial charge in [0.25, 0.3) is 15.9 Å². The number of carbonyl (C=O) groups is 2. The molecule has 0 saturated carbocycles. The Morgan fingerprint density at radius 3 is 2.67 bits per heavy atom. The highest BCUT2D eigenvalue weighted by molar-refractivity contribution is 7.92. The van der Waals surface area contributed by atoms with Crippen LogP contribution >= 0.6 is 11.3 Å². The summed E-state index contributed by atoms with van der Waals surface area (Å²) in [6.45, 7) is 2.43. The Labute approximate surface area is 196 Å². The predicted octanol–water partition coefficient (Wildman–Crippen LogP) is 3.60. The fraction of sp³-hybridized carbons (Fsp3) is 0.261. The molecule has 1 fully saturated rings. The van der Waals surface area contributed by atoms with E-state index in [0.29, 0.717) is 30.2 Å². The lowest BCUT2D eigenvalue weighted by Crippen LogP contribution is -2.43. The molecule has 172 valence electrons. The van der Waals surface area contributed by atoms with E-state index >= 15 is 0 Å². The fourth-order valence-electron chi connectivity index (χ4n) is 3.92. The molecule has 0 radical (unpaired) electrons. The zero-order chi connectivity index (χ0) is 23.4. The van der Waals surface area contributed by atoms with Gasteiger partial charge in [0, 0.05) is 30.2 Å². The number of rotatable bonds is 7. The summed E-state index contributed by atoms with van der Waals surface area (Å²) in [6, 6.07) is 14.2. The SMILES string of the molecule is CCN(c1ccccc1)S(=O)(=O)c1cccc(C(=O)N2CCCC2C(=O)Nc2nccs2)c1. The van der Waals surface area contributed by atoms with E-state index in [4.69, 9.17) is 0 Å². The number of thiazole rings is 1. The van der Waals surface area contributed by atoms with E-state index in [1.807, 2.05) is 6.07 Å². The molecule has 3 aromatic rings. The third kappa shape index (κ3) is 4.76. The first kappa shape index (κ1) is 22.9. The number of amides is 2. The van der Waals surface area contributed by atoms with E-state index in [-0.39, 0.29) is 28.8 Å². The maximum atomic E-state index is 13.3. The first-order valence-corrected chi connectivity index (χ1v) is 12.9. The topological polar surface area (TPSA) is 99.7 Å². The monoisotopic (exact) mass is 484 g/mol. The van der Waals surface area contributed by atoms with Crippen molar-refractivity contribution in [3.63, 3.8) is 0 Å². The average Bonchev–Trinajstić information content (AvgIpc) is 3.52. The molecule has 2 heterocycles. The summed E-state index contributed by atoms with van der Waals surface area (Å²) >= 11 is 1.31. The second kappa shape index (κ2) is 9.72. The maximum Gasteiger partial charge on any atom is 0.264 e. The van der Waals surface area contributed by atoms with Gasteiger partial charge in [0.05, 0.1) is 10.6 Å². The van der Waals surface area contributed by atoms with Crippen LogP contribution in [-0.4, -0.2) is 49.2 Å². The van der Waals surface area contributed by atoms with E-state index in [9.17, 15) is 18.0 Å². The molecular formula is C23H24N4O4S2. The smallest absolute Gasteiger partial charge is 0.264 e. The lowest BCUT2D eigenvalue weighted by Gasteiger charge is -2.25. The van der Waals surface area contributed by atoms with Crippen molar-refractivity contribution in [1.82, 2.24) is 9.88 Å². The molecule has 1 aliphatic heterocycles. The average molecular weight is 485 g/mol. The molecule has 4 rings (SSSR count). The van der Waals surface area contributed by atoms with Gasteiger partial charge in [-0.1, -0.05) is 24.3 Å². The third-order valence-electron chi connectivity index (χ3n) is 5.48. The van der Waals surface area contributed by atoms with Gasteiger partial charge < -0.3 is 10.2 Å². The van der Waals surface area contributed by atoms with Gasteiger partial charge in [0.15, 0.2) is 5.13 Å². The Morgan fingerprint density at radius 2 is 1.97 bits per heavy atom. The van der Waals surface area contributed by atoms with Crippen LogP contribution in [0.15, 0.2) is 71.1 Å². The minimum absolute atomic E-state index is 0.0297. The van der Waals surface area contributed by atoms with Crippen LogP contribution in [0, 0.1) is 0 Å². The molecule has 0 aliphatic carbocycles. The summed E-state index contributed by atoms with van der Waals surface area (Å²) in [5.41, 5.74) is 0.782. The van der Waals surface area contributed by atoms with Crippen LogP contribution in [0.2, 0.25) is 0 Å². The van der Waals surface area contributed by atoms with E-state index < -0.39 is 16.1 Å². The lowest BCUT2D eigenvalue weighted by molar-refractivity contribution is -0.119. The standard InChI is InChI=1S/C23H24N4O4S2/c1-2-27(18-9-4-3-5-10-18)33(30,31)19-11-6-8-17(16-19)22(29)26-14-7-12-20(26)21(28)25-23-24-13-15-32-23/h3-6,8-11,13,15-16,20H,2,7,12,14H2,1H3,(H,24,25,28). The number of nitrogens with one attached hydrogen (secondary N) is 1. The number of anilines is 2. The number of hydrogen-bond acceptors (Lipinski definition) is 6. The first-order chi connectivity index (χ1) is 15.9. The fourth-order valence-corrected chi connectivity index (χ4v) is 5.98. The second-order valence-electron chi connectivity index (χ2n) is 7.52. The van der Waals surface area contributed by atoms with Gasteiger partial charge in [-0.25, -0.2) is 13.4 Å². The van der Waals surface area contributed by atoms with Crippen LogP contribution in [-0.2, 0) is 14.8 Å². The van der Waals surface area contributed by atoms with E-state index in [1.165, 1.54) is 32.7 Å². The number of benzene rings is 2. The highest BCUT2D eigenvalue weighted by Gasteiger charge is 2.35. The molecular weight excluding hydrogens is 460 g/mol. The second-order valence-corrected chi connectivity index (χ2v) is 10.3. The van der Waals surface area contributed by atoms with Crippen molar-refractivity contribution < 1.29 is 18.0 Å². The molecule has 1 aliphatic rings. The molecule has 0 spiro atoms. The molecule has 8 nitrogen and oxygen atoms in total. The van der Waals surface area contributed by atoms with Gasteiger partial charge in [-0.15, -0.1) is 11.3 Å². The van der Waals surface area contributed by atoms with Crippen molar-refractivity contribution in [2.75, 3.05) is 22.7 Å². The van der Waals surface area contributed by atoms with Gasteiger partial charge in [-0.2, -0.15) is 0 Å². The summed E-state index contributed by atoms with van der Waals surface area (Å²) in [5.74, 6) is -0.660. The third-order valence-corrected chi connectivity index (χ3v) is 8.07. The molecule has 2 amide bonds. The van der Waals surface area contributed by atoms with Crippen LogP contribution in [0.5, 0.6) is 0 Å². The first-order valence-electron chi connectivity index (χ1n) is 10.6. The summed E-state index contributed by atoms with van der Waals surface area (Å²) < 4.78 is 28.0. The van der Waals surface area contributed by atoms with E-state index in [0.717, 1.165) is 0 Å². The highest BCUT2D eigenvalue weighted by Crippen LogP contribution is 2.26. The van der Waals surface area contributed by atoms with Crippen molar-refractivity contribution in [1.29, 1.82) is 0 Å². The van der Waals surface area contributed by atoms with Gasteiger partial charge in [0.2, 0.25) is 5.91 Å². The minimum atomic E-state index is -3.87. The number of hydrogen-bond donors (Lipinski definition) is 1. The Hall–Kier alpha value is -3.24.